The summed E-state index contributed by atoms with van der Waals surface area (Å²) in [5.74, 6) is 0.859. The maximum Gasteiger partial charge on any atom is 0.269 e. The fraction of sp³-hybridized carbons (Fsp3) is 0.647. The highest BCUT2D eigenvalue weighted by Crippen LogP contribution is 2.29. The van der Waals surface area contributed by atoms with Gasteiger partial charge in [0, 0.05) is 18.2 Å². The van der Waals surface area contributed by atoms with Gasteiger partial charge in [-0.2, -0.15) is 0 Å². The Morgan fingerprint density at radius 1 is 1.29 bits per heavy atom. The number of hydrogen-bond donors (Lipinski definition) is 1. The first kappa shape index (κ1) is 16.0. The zero-order chi connectivity index (χ0) is 15.1. The molecule has 1 aliphatic carbocycles. The van der Waals surface area contributed by atoms with E-state index in [1.807, 2.05) is 12.1 Å². The van der Waals surface area contributed by atoms with Crippen molar-refractivity contribution in [2.24, 2.45) is 5.92 Å². The van der Waals surface area contributed by atoms with Crippen molar-refractivity contribution in [2.75, 3.05) is 6.54 Å². The van der Waals surface area contributed by atoms with Crippen LogP contribution >= 0.6 is 0 Å². The topological polar surface area (TPSA) is 55.2 Å². The number of nitro groups is 1. The molecule has 4 heteroatoms. The number of non-ortho nitro benzene ring substituents is 1. The molecule has 1 aliphatic rings. The smallest absolute Gasteiger partial charge is 0.269 e. The van der Waals surface area contributed by atoms with Gasteiger partial charge in [-0.25, -0.2) is 0 Å². The Labute approximate surface area is 127 Å². The van der Waals surface area contributed by atoms with Gasteiger partial charge in [0.2, 0.25) is 0 Å². The third-order valence-corrected chi connectivity index (χ3v) is 4.40. The van der Waals surface area contributed by atoms with Crippen molar-refractivity contribution in [3.8, 4) is 0 Å². The van der Waals surface area contributed by atoms with Gasteiger partial charge in [-0.15, -0.1) is 0 Å². The van der Waals surface area contributed by atoms with Gasteiger partial charge < -0.3 is 5.32 Å². The second-order valence-corrected chi connectivity index (χ2v) is 6.16. The van der Waals surface area contributed by atoms with Gasteiger partial charge in [-0.3, -0.25) is 10.1 Å². The van der Waals surface area contributed by atoms with Crippen LogP contribution in [-0.4, -0.2) is 17.5 Å². The van der Waals surface area contributed by atoms with Crippen molar-refractivity contribution in [2.45, 2.75) is 57.9 Å². The minimum Gasteiger partial charge on any atom is -0.314 e. The molecule has 1 aromatic rings. The maximum absolute atomic E-state index is 10.7. The summed E-state index contributed by atoms with van der Waals surface area (Å²) in [7, 11) is 0. The zero-order valence-corrected chi connectivity index (χ0v) is 12.9. The van der Waals surface area contributed by atoms with Gasteiger partial charge >= 0.3 is 0 Å². The molecule has 1 atom stereocenters. The van der Waals surface area contributed by atoms with E-state index >= 15 is 0 Å². The first-order valence-corrected chi connectivity index (χ1v) is 8.15. The van der Waals surface area contributed by atoms with Crippen LogP contribution in [0.2, 0.25) is 0 Å². The fourth-order valence-corrected chi connectivity index (χ4v) is 3.27. The minimum atomic E-state index is -0.338. The number of nitro benzene ring substituents is 1. The van der Waals surface area contributed by atoms with Crippen molar-refractivity contribution in [1.29, 1.82) is 0 Å². The molecular weight excluding hydrogens is 264 g/mol. The Balaban J connectivity index is 1.94. The molecule has 0 heterocycles. The Kier molecular flexibility index (Phi) is 6.18. The second kappa shape index (κ2) is 8.13. The van der Waals surface area contributed by atoms with E-state index in [9.17, 15) is 10.1 Å². The SMILES string of the molecule is CCCNC(Cc1ccc([N+](=O)[O-])cc1)CC1CCCC1. The van der Waals surface area contributed by atoms with Crippen LogP contribution in [0.5, 0.6) is 0 Å². The van der Waals surface area contributed by atoms with Gasteiger partial charge in [-0.1, -0.05) is 44.7 Å². The molecule has 1 saturated carbocycles. The van der Waals surface area contributed by atoms with Gasteiger partial charge in [0.25, 0.3) is 5.69 Å². The molecule has 1 aromatic carbocycles. The molecule has 116 valence electrons. The van der Waals surface area contributed by atoms with Crippen LogP contribution in [0.15, 0.2) is 24.3 Å². The van der Waals surface area contributed by atoms with E-state index < -0.39 is 0 Å². The highest BCUT2D eigenvalue weighted by molar-refractivity contribution is 5.33. The summed E-state index contributed by atoms with van der Waals surface area (Å²) in [5, 5.41) is 14.3. The van der Waals surface area contributed by atoms with E-state index in [-0.39, 0.29) is 10.6 Å². The molecule has 0 spiro atoms. The summed E-state index contributed by atoms with van der Waals surface area (Å²) in [6, 6.07) is 7.51. The third-order valence-electron chi connectivity index (χ3n) is 4.40. The van der Waals surface area contributed by atoms with Crippen molar-refractivity contribution >= 4 is 5.69 Å². The number of nitrogens with one attached hydrogen (secondary N) is 1. The lowest BCUT2D eigenvalue weighted by molar-refractivity contribution is -0.384. The van der Waals surface area contributed by atoms with E-state index in [0.29, 0.717) is 6.04 Å². The molecule has 0 radical (unpaired) electrons. The minimum absolute atomic E-state index is 0.174. The monoisotopic (exact) mass is 290 g/mol. The summed E-state index contributed by atoms with van der Waals surface area (Å²) in [5.41, 5.74) is 1.36. The van der Waals surface area contributed by atoms with Gasteiger partial charge in [0.15, 0.2) is 0 Å². The molecule has 0 aromatic heterocycles. The molecule has 0 amide bonds. The van der Waals surface area contributed by atoms with Gasteiger partial charge in [0.1, 0.15) is 0 Å². The van der Waals surface area contributed by atoms with E-state index in [4.69, 9.17) is 0 Å². The van der Waals surface area contributed by atoms with Crippen molar-refractivity contribution in [3.63, 3.8) is 0 Å². The van der Waals surface area contributed by atoms with Crippen molar-refractivity contribution < 1.29 is 4.92 Å². The number of hydrogen-bond acceptors (Lipinski definition) is 3. The van der Waals surface area contributed by atoms with Crippen LogP contribution in [0, 0.1) is 16.0 Å². The predicted octanol–water partition coefficient (Wildman–Crippen LogP) is 4.09. The van der Waals surface area contributed by atoms with Crippen LogP contribution in [0.4, 0.5) is 5.69 Å². The molecule has 2 rings (SSSR count). The Morgan fingerprint density at radius 3 is 2.52 bits per heavy atom. The number of rotatable bonds is 8. The second-order valence-electron chi connectivity index (χ2n) is 6.16. The average Bonchev–Trinajstić information content (AvgIpc) is 2.98. The molecule has 0 bridgehead atoms. The molecule has 0 saturated heterocycles. The van der Waals surface area contributed by atoms with E-state index in [2.05, 4.69) is 12.2 Å². The lowest BCUT2D eigenvalue weighted by atomic mass is 9.94. The van der Waals surface area contributed by atoms with Gasteiger partial charge in [0.05, 0.1) is 4.92 Å². The number of benzene rings is 1. The average molecular weight is 290 g/mol. The number of nitrogens with zero attached hydrogens (tertiary/aromatic N) is 1. The third kappa shape index (κ3) is 5.12. The molecule has 0 aliphatic heterocycles. The Morgan fingerprint density at radius 2 is 1.95 bits per heavy atom. The summed E-state index contributed by atoms with van der Waals surface area (Å²) in [4.78, 5) is 10.4. The molecule has 21 heavy (non-hydrogen) atoms. The normalized spacial score (nSPS) is 17.0. The highest BCUT2D eigenvalue weighted by Gasteiger charge is 2.20. The van der Waals surface area contributed by atoms with Crippen molar-refractivity contribution in [1.82, 2.24) is 5.32 Å². The lowest BCUT2D eigenvalue weighted by Gasteiger charge is -2.22. The van der Waals surface area contributed by atoms with Crippen LogP contribution in [0.3, 0.4) is 0 Å². The summed E-state index contributed by atoms with van der Waals surface area (Å²) < 4.78 is 0. The largest absolute Gasteiger partial charge is 0.314 e. The maximum atomic E-state index is 10.7. The molecule has 1 unspecified atom stereocenters. The summed E-state index contributed by atoms with van der Waals surface area (Å²) >= 11 is 0. The van der Waals surface area contributed by atoms with E-state index in [0.717, 1.165) is 25.3 Å². The van der Waals surface area contributed by atoms with Crippen LogP contribution in [0.25, 0.3) is 0 Å². The molecule has 1 N–H and O–H groups in total. The van der Waals surface area contributed by atoms with E-state index in [1.54, 1.807) is 12.1 Å². The molecular formula is C17H26N2O2. The molecule has 1 fully saturated rings. The fourth-order valence-electron chi connectivity index (χ4n) is 3.27. The summed E-state index contributed by atoms with van der Waals surface area (Å²) in [6.45, 7) is 3.23. The molecule has 4 nitrogen and oxygen atoms in total. The quantitative estimate of drug-likeness (QED) is 0.579. The van der Waals surface area contributed by atoms with E-state index in [1.165, 1.54) is 37.7 Å². The van der Waals surface area contributed by atoms with Crippen molar-refractivity contribution in [3.05, 3.63) is 39.9 Å². The van der Waals surface area contributed by atoms with Crippen LogP contribution in [-0.2, 0) is 6.42 Å². The lowest BCUT2D eigenvalue weighted by Crippen LogP contribution is -2.33. The zero-order valence-electron chi connectivity index (χ0n) is 12.9. The Hall–Kier alpha value is -1.42. The van der Waals surface area contributed by atoms with Crippen LogP contribution < -0.4 is 5.32 Å². The predicted molar refractivity (Wildman–Crippen MR) is 85.5 cm³/mol. The first-order chi connectivity index (χ1) is 10.2. The standard InChI is InChI=1S/C17H26N2O2/c1-2-11-18-16(12-14-5-3-4-6-14)13-15-7-9-17(10-8-15)19(20)21/h7-10,14,16,18H,2-6,11-13H2,1H3. The first-order valence-electron chi connectivity index (χ1n) is 8.15. The van der Waals surface area contributed by atoms with Gasteiger partial charge in [-0.05, 0) is 37.3 Å². The Bertz CT molecular complexity index is 439. The van der Waals surface area contributed by atoms with Crippen LogP contribution in [0.1, 0.15) is 51.0 Å². The highest BCUT2D eigenvalue weighted by atomic mass is 16.6. The summed E-state index contributed by atoms with van der Waals surface area (Å²) in [6.07, 6.45) is 8.83.